The summed E-state index contributed by atoms with van der Waals surface area (Å²) in [5.74, 6) is -0.171. The fourth-order valence-electron chi connectivity index (χ4n) is 3.23. The van der Waals surface area contributed by atoms with Crippen molar-refractivity contribution in [1.82, 2.24) is 24.4 Å². The number of fused-ring (bicyclic) bond motifs is 1. The number of rotatable bonds is 6. The molecule has 0 fully saturated rings. The average Bonchev–Trinajstić information content (AvgIpc) is 3.56. The molecule has 0 aliphatic heterocycles. The standard InChI is InChI=1S/C22H14ClF3N6O2S/c23-13-3-1-4-15(7-13)34-12-31-11-14(10-27-31)28-21(33)17-9-20-29-16(18-5-2-6-35-18)8-19(22(24,25)26)32(20)30-17/h1-11H,12H2,(H,28,33). The Labute approximate surface area is 204 Å². The number of nitrogens with one attached hydrogen (secondary N) is 1. The predicted octanol–water partition coefficient (Wildman–Crippen LogP) is 5.62. The highest BCUT2D eigenvalue weighted by Gasteiger charge is 2.35. The Morgan fingerprint density at radius 3 is 2.77 bits per heavy atom. The van der Waals surface area contributed by atoms with Gasteiger partial charge in [-0.15, -0.1) is 11.3 Å². The largest absolute Gasteiger partial charge is 0.471 e. The van der Waals surface area contributed by atoms with Crippen molar-refractivity contribution >= 4 is 40.2 Å². The van der Waals surface area contributed by atoms with Crippen molar-refractivity contribution in [3.8, 4) is 16.3 Å². The number of benzene rings is 1. The van der Waals surface area contributed by atoms with Gasteiger partial charge in [0.15, 0.2) is 23.8 Å². The summed E-state index contributed by atoms with van der Waals surface area (Å²) >= 11 is 7.18. The minimum Gasteiger partial charge on any atom is -0.471 e. The average molecular weight is 519 g/mol. The van der Waals surface area contributed by atoms with Crippen molar-refractivity contribution in [3.63, 3.8) is 0 Å². The summed E-state index contributed by atoms with van der Waals surface area (Å²) in [6.07, 6.45) is -1.81. The summed E-state index contributed by atoms with van der Waals surface area (Å²) in [7, 11) is 0. The van der Waals surface area contributed by atoms with Crippen molar-refractivity contribution < 1.29 is 22.7 Å². The number of hydrogen-bond acceptors (Lipinski definition) is 6. The van der Waals surface area contributed by atoms with E-state index in [1.165, 1.54) is 34.5 Å². The molecule has 0 atom stereocenters. The molecule has 0 aliphatic rings. The van der Waals surface area contributed by atoms with Gasteiger partial charge in [0.25, 0.3) is 5.91 Å². The van der Waals surface area contributed by atoms with E-state index in [0.717, 1.165) is 6.07 Å². The van der Waals surface area contributed by atoms with Crippen LogP contribution in [0.2, 0.25) is 5.02 Å². The number of carbonyl (C=O) groups is 1. The Balaban J connectivity index is 1.36. The topological polar surface area (TPSA) is 86.3 Å². The fourth-order valence-corrected chi connectivity index (χ4v) is 4.10. The van der Waals surface area contributed by atoms with Gasteiger partial charge >= 0.3 is 6.18 Å². The lowest BCUT2D eigenvalue weighted by Crippen LogP contribution is -2.15. The van der Waals surface area contributed by atoms with Crippen LogP contribution in [0.5, 0.6) is 5.75 Å². The van der Waals surface area contributed by atoms with Crippen LogP contribution < -0.4 is 10.1 Å². The van der Waals surface area contributed by atoms with Crippen molar-refractivity contribution in [3.05, 3.63) is 82.7 Å². The number of ether oxygens (including phenoxy) is 1. The molecule has 0 saturated carbocycles. The number of alkyl halides is 3. The van der Waals surface area contributed by atoms with Gasteiger partial charge in [-0.05, 0) is 35.7 Å². The van der Waals surface area contributed by atoms with Gasteiger partial charge in [0, 0.05) is 11.1 Å². The minimum absolute atomic E-state index is 0.0505. The van der Waals surface area contributed by atoms with E-state index in [0.29, 0.717) is 25.9 Å². The molecule has 5 aromatic rings. The maximum atomic E-state index is 13.7. The predicted molar refractivity (Wildman–Crippen MR) is 124 cm³/mol. The molecule has 1 aromatic carbocycles. The first kappa shape index (κ1) is 22.9. The van der Waals surface area contributed by atoms with Gasteiger partial charge < -0.3 is 10.1 Å². The van der Waals surface area contributed by atoms with Crippen molar-refractivity contribution in [1.29, 1.82) is 0 Å². The first-order valence-electron chi connectivity index (χ1n) is 10.0. The molecule has 0 saturated heterocycles. The van der Waals surface area contributed by atoms with Crippen LogP contribution in [0.25, 0.3) is 16.2 Å². The number of aromatic nitrogens is 5. The second-order valence-electron chi connectivity index (χ2n) is 7.25. The number of nitrogens with zero attached hydrogens (tertiary/aromatic N) is 5. The lowest BCUT2D eigenvalue weighted by molar-refractivity contribution is -0.142. The van der Waals surface area contributed by atoms with Crippen LogP contribution >= 0.6 is 22.9 Å². The Hall–Kier alpha value is -3.90. The summed E-state index contributed by atoms with van der Waals surface area (Å²) in [5.41, 5.74) is -0.901. The summed E-state index contributed by atoms with van der Waals surface area (Å²) in [6, 6.07) is 12.3. The van der Waals surface area contributed by atoms with E-state index in [1.54, 1.807) is 41.8 Å². The smallest absolute Gasteiger partial charge is 0.433 e. The summed E-state index contributed by atoms with van der Waals surface area (Å²) in [5, 5.41) is 12.8. The van der Waals surface area contributed by atoms with Crippen LogP contribution in [0, 0.1) is 0 Å². The van der Waals surface area contributed by atoms with Gasteiger partial charge in [-0.2, -0.15) is 23.4 Å². The highest BCUT2D eigenvalue weighted by Crippen LogP contribution is 2.33. The molecular weight excluding hydrogens is 505 g/mol. The number of amides is 1. The van der Waals surface area contributed by atoms with Gasteiger partial charge in [-0.25, -0.2) is 14.2 Å². The van der Waals surface area contributed by atoms with E-state index in [4.69, 9.17) is 16.3 Å². The molecule has 0 aliphatic carbocycles. The molecule has 0 bridgehead atoms. The number of halogens is 4. The molecule has 5 rings (SSSR count). The highest BCUT2D eigenvalue weighted by atomic mass is 35.5. The Bertz CT molecular complexity index is 1510. The molecule has 4 aromatic heterocycles. The molecule has 178 valence electrons. The van der Waals surface area contributed by atoms with Crippen molar-refractivity contribution in [2.24, 2.45) is 0 Å². The fraction of sp³-hybridized carbons (Fsp3) is 0.0909. The Morgan fingerprint density at radius 1 is 1.17 bits per heavy atom. The lowest BCUT2D eigenvalue weighted by Gasteiger charge is -2.10. The normalized spacial score (nSPS) is 11.7. The number of thiophene rings is 1. The molecule has 1 amide bonds. The van der Waals surface area contributed by atoms with E-state index in [1.807, 2.05) is 0 Å². The molecule has 8 nitrogen and oxygen atoms in total. The monoisotopic (exact) mass is 518 g/mol. The van der Waals surface area contributed by atoms with E-state index in [-0.39, 0.29) is 23.8 Å². The highest BCUT2D eigenvalue weighted by molar-refractivity contribution is 7.13. The summed E-state index contributed by atoms with van der Waals surface area (Å²) in [4.78, 5) is 17.5. The van der Waals surface area contributed by atoms with Gasteiger partial charge in [0.2, 0.25) is 0 Å². The second-order valence-corrected chi connectivity index (χ2v) is 8.64. The second kappa shape index (κ2) is 9.04. The van der Waals surface area contributed by atoms with E-state index < -0.39 is 17.8 Å². The van der Waals surface area contributed by atoms with Gasteiger partial charge in [-0.1, -0.05) is 23.7 Å². The Morgan fingerprint density at radius 2 is 2.03 bits per heavy atom. The van der Waals surface area contributed by atoms with Crippen molar-refractivity contribution in [2.45, 2.75) is 12.9 Å². The third kappa shape index (κ3) is 4.98. The van der Waals surface area contributed by atoms with Gasteiger partial charge in [-0.3, -0.25) is 4.79 Å². The summed E-state index contributed by atoms with van der Waals surface area (Å²) < 4.78 is 48.7. The molecular formula is C22H14ClF3N6O2S. The first-order valence-corrected chi connectivity index (χ1v) is 11.3. The molecule has 0 spiro atoms. The third-order valence-electron chi connectivity index (χ3n) is 4.77. The van der Waals surface area contributed by atoms with E-state index in [9.17, 15) is 18.0 Å². The van der Waals surface area contributed by atoms with Gasteiger partial charge in [0.05, 0.1) is 28.7 Å². The molecule has 0 radical (unpaired) electrons. The SMILES string of the molecule is O=C(Nc1cnn(COc2cccc(Cl)c2)c1)c1cc2nc(-c3cccs3)cc(C(F)(F)F)n2n1. The molecule has 1 N–H and O–H groups in total. The van der Waals surface area contributed by atoms with Crippen LogP contribution in [0.1, 0.15) is 16.2 Å². The molecule has 0 unspecified atom stereocenters. The van der Waals surface area contributed by atoms with Crippen LogP contribution in [0.4, 0.5) is 18.9 Å². The zero-order chi connectivity index (χ0) is 24.6. The van der Waals surface area contributed by atoms with E-state index >= 15 is 0 Å². The van der Waals surface area contributed by atoms with E-state index in [2.05, 4.69) is 20.5 Å². The van der Waals surface area contributed by atoms with Crippen LogP contribution in [0.3, 0.4) is 0 Å². The maximum absolute atomic E-state index is 13.7. The van der Waals surface area contributed by atoms with Crippen LogP contribution in [-0.4, -0.2) is 30.3 Å². The number of hydrogen-bond donors (Lipinski definition) is 1. The first-order chi connectivity index (χ1) is 16.8. The quantitative estimate of drug-likeness (QED) is 0.315. The van der Waals surface area contributed by atoms with Gasteiger partial charge in [0.1, 0.15) is 5.75 Å². The Kier molecular flexibility index (Phi) is 5.91. The molecule has 13 heteroatoms. The van der Waals surface area contributed by atoms with Crippen LogP contribution in [0.15, 0.2) is 66.3 Å². The maximum Gasteiger partial charge on any atom is 0.433 e. The van der Waals surface area contributed by atoms with Crippen LogP contribution in [-0.2, 0) is 12.9 Å². The lowest BCUT2D eigenvalue weighted by atomic mass is 10.2. The number of carbonyl (C=O) groups excluding carboxylic acids is 1. The zero-order valence-corrected chi connectivity index (χ0v) is 19.1. The molecule has 35 heavy (non-hydrogen) atoms. The third-order valence-corrected chi connectivity index (χ3v) is 5.90. The number of anilines is 1. The minimum atomic E-state index is -4.70. The molecule has 4 heterocycles. The van der Waals surface area contributed by atoms with Crippen molar-refractivity contribution in [2.75, 3.05) is 5.32 Å². The summed E-state index contributed by atoms with van der Waals surface area (Å²) in [6.45, 7) is 0.0505. The zero-order valence-electron chi connectivity index (χ0n) is 17.5.